The zero-order valence-electron chi connectivity index (χ0n) is 14.3. The first-order chi connectivity index (χ1) is 12.3. The zero-order valence-corrected chi connectivity index (χ0v) is 14.3. The van der Waals surface area contributed by atoms with Gasteiger partial charge < -0.3 is 4.90 Å². The van der Waals surface area contributed by atoms with Crippen LogP contribution in [0.25, 0.3) is 5.82 Å². The van der Waals surface area contributed by atoms with Gasteiger partial charge in [-0.2, -0.15) is 5.10 Å². The van der Waals surface area contributed by atoms with Crippen molar-refractivity contribution in [2.45, 2.75) is 13.5 Å². The number of nitrogens with zero attached hydrogens (tertiary/aromatic N) is 7. The molecule has 1 fully saturated rings. The normalized spacial score (nSPS) is 15.5. The third-order valence-corrected chi connectivity index (χ3v) is 4.40. The fourth-order valence-corrected chi connectivity index (χ4v) is 3.03. The average Bonchev–Trinajstić information content (AvgIpc) is 3.10. The van der Waals surface area contributed by atoms with E-state index in [1.807, 2.05) is 43.6 Å². The number of rotatable bonds is 4. The van der Waals surface area contributed by atoms with Crippen molar-refractivity contribution in [2.75, 3.05) is 31.1 Å². The van der Waals surface area contributed by atoms with Crippen molar-refractivity contribution in [2.24, 2.45) is 0 Å². The fourth-order valence-electron chi connectivity index (χ4n) is 3.03. The molecule has 0 radical (unpaired) electrons. The molecule has 7 nitrogen and oxygen atoms in total. The van der Waals surface area contributed by atoms with Gasteiger partial charge in [-0.15, -0.1) is 0 Å². The Kier molecular flexibility index (Phi) is 4.39. The quantitative estimate of drug-likeness (QED) is 0.723. The molecular weight excluding hydrogens is 314 g/mol. The highest BCUT2D eigenvalue weighted by Crippen LogP contribution is 2.16. The molecule has 1 saturated heterocycles. The summed E-state index contributed by atoms with van der Waals surface area (Å²) in [4.78, 5) is 17.9. The molecule has 4 rings (SSSR count). The van der Waals surface area contributed by atoms with Gasteiger partial charge in [-0.3, -0.25) is 9.88 Å². The molecule has 0 unspecified atom stereocenters. The van der Waals surface area contributed by atoms with Crippen LogP contribution in [0.15, 0.2) is 49.1 Å². The minimum absolute atomic E-state index is 0.800. The van der Waals surface area contributed by atoms with Crippen molar-refractivity contribution in [1.82, 2.24) is 29.6 Å². The van der Waals surface area contributed by atoms with E-state index in [9.17, 15) is 0 Å². The minimum Gasteiger partial charge on any atom is -0.354 e. The molecule has 0 aromatic carbocycles. The lowest BCUT2D eigenvalue weighted by molar-refractivity contribution is 0.246. The van der Waals surface area contributed by atoms with Crippen LogP contribution < -0.4 is 4.90 Å². The lowest BCUT2D eigenvalue weighted by Crippen LogP contribution is -2.46. The standard InChI is InChI=1S/C18H21N7/c1-15-5-7-25(22-15)18-12-17(20-14-21-18)24-10-8-23(9-11-24)13-16-4-2-3-6-19-16/h2-7,12,14H,8-11,13H2,1H3. The summed E-state index contributed by atoms with van der Waals surface area (Å²) in [6.45, 7) is 6.76. The van der Waals surface area contributed by atoms with Crippen LogP contribution in [0.1, 0.15) is 11.4 Å². The summed E-state index contributed by atoms with van der Waals surface area (Å²) < 4.78 is 1.79. The molecule has 3 aromatic rings. The van der Waals surface area contributed by atoms with Crippen LogP contribution in [0.3, 0.4) is 0 Å². The highest BCUT2D eigenvalue weighted by molar-refractivity contribution is 5.43. The van der Waals surface area contributed by atoms with Crippen LogP contribution in [-0.4, -0.2) is 55.8 Å². The van der Waals surface area contributed by atoms with E-state index in [0.717, 1.165) is 55.7 Å². The third kappa shape index (κ3) is 3.66. The second kappa shape index (κ2) is 6.98. The predicted molar refractivity (Wildman–Crippen MR) is 95.6 cm³/mol. The predicted octanol–water partition coefficient (Wildman–Crippen LogP) is 1.69. The zero-order chi connectivity index (χ0) is 17.1. The van der Waals surface area contributed by atoms with E-state index < -0.39 is 0 Å². The number of piperazine rings is 1. The van der Waals surface area contributed by atoms with Crippen LogP contribution >= 0.6 is 0 Å². The molecule has 0 N–H and O–H groups in total. The molecule has 0 aliphatic carbocycles. The van der Waals surface area contributed by atoms with E-state index >= 15 is 0 Å². The first kappa shape index (κ1) is 15.7. The topological polar surface area (TPSA) is 63.0 Å². The SMILES string of the molecule is Cc1ccn(-c2cc(N3CCN(Cc4ccccn4)CC3)ncn2)n1. The van der Waals surface area contributed by atoms with Gasteiger partial charge in [0.1, 0.15) is 12.1 Å². The van der Waals surface area contributed by atoms with E-state index in [1.165, 1.54) is 0 Å². The first-order valence-corrected chi connectivity index (χ1v) is 8.50. The fraction of sp³-hybridized carbons (Fsp3) is 0.333. The van der Waals surface area contributed by atoms with Crippen LogP contribution in [0.4, 0.5) is 5.82 Å². The summed E-state index contributed by atoms with van der Waals surface area (Å²) in [6, 6.07) is 10.0. The van der Waals surface area contributed by atoms with Crippen molar-refractivity contribution in [3.05, 3.63) is 60.4 Å². The largest absolute Gasteiger partial charge is 0.354 e. The van der Waals surface area contributed by atoms with Gasteiger partial charge in [-0.05, 0) is 25.1 Å². The molecule has 0 saturated carbocycles. The lowest BCUT2D eigenvalue weighted by atomic mass is 10.2. The van der Waals surface area contributed by atoms with E-state index in [1.54, 1.807) is 11.0 Å². The second-order valence-corrected chi connectivity index (χ2v) is 6.22. The van der Waals surface area contributed by atoms with Crippen molar-refractivity contribution >= 4 is 5.82 Å². The molecule has 3 aromatic heterocycles. The monoisotopic (exact) mass is 335 g/mol. The highest BCUT2D eigenvalue weighted by Gasteiger charge is 2.19. The van der Waals surface area contributed by atoms with Gasteiger partial charge in [0.15, 0.2) is 5.82 Å². The number of anilines is 1. The summed E-state index contributed by atoms with van der Waals surface area (Å²) in [5, 5.41) is 4.42. The molecule has 0 spiro atoms. The van der Waals surface area contributed by atoms with Crippen LogP contribution in [0.5, 0.6) is 0 Å². The van der Waals surface area contributed by atoms with E-state index in [-0.39, 0.29) is 0 Å². The van der Waals surface area contributed by atoms with Gasteiger partial charge in [-0.25, -0.2) is 14.6 Å². The maximum atomic E-state index is 4.45. The Morgan fingerprint density at radius 2 is 1.80 bits per heavy atom. The Balaban J connectivity index is 1.41. The van der Waals surface area contributed by atoms with Gasteiger partial charge in [0.05, 0.1) is 11.4 Å². The minimum atomic E-state index is 0.800. The average molecular weight is 335 g/mol. The molecule has 0 atom stereocenters. The summed E-state index contributed by atoms with van der Waals surface area (Å²) in [7, 11) is 0. The Bertz CT molecular complexity index is 822. The molecule has 128 valence electrons. The summed E-state index contributed by atoms with van der Waals surface area (Å²) in [6.07, 6.45) is 5.39. The van der Waals surface area contributed by atoms with Crippen LogP contribution in [0.2, 0.25) is 0 Å². The smallest absolute Gasteiger partial charge is 0.158 e. The van der Waals surface area contributed by atoms with Gasteiger partial charge in [0.2, 0.25) is 0 Å². The Morgan fingerprint density at radius 3 is 2.52 bits per heavy atom. The summed E-state index contributed by atoms with van der Waals surface area (Å²) in [5.41, 5.74) is 2.10. The maximum absolute atomic E-state index is 4.45. The molecule has 25 heavy (non-hydrogen) atoms. The molecule has 4 heterocycles. The Morgan fingerprint density at radius 1 is 0.960 bits per heavy atom. The molecule has 0 amide bonds. The van der Waals surface area contributed by atoms with Crippen molar-refractivity contribution < 1.29 is 0 Å². The highest BCUT2D eigenvalue weighted by atomic mass is 15.3. The third-order valence-electron chi connectivity index (χ3n) is 4.40. The number of aryl methyl sites for hydroxylation is 1. The van der Waals surface area contributed by atoms with Crippen molar-refractivity contribution in [3.63, 3.8) is 0 Å². The first-order valence-electron chi connectivity index (χ1n) is 8.50. The summed E-state index contributed by atoms with van der Waals surface area (Å²) >= 11 is 0. The van der Waals surface area contributed by atoms with Crippen LogP contribution in [-0.2, 0) is 6.54 Å². The number of aromatic nitrogens is 5. The number of hydrogen-bond acceptors (Lipinski definition) is 6. The molecular formula is C18H21N7. The molecule has 1 aliphatic heterocycles. The van der Waals surface area contributed by atoms with Gasteiger partial charge in [0, 0.05) is 51.2 Å². The van der Waals surface area contributed by atoms with E-state index in [4.69, 9.17) is 0 Å². The van der Waals surface area contributed by atoms with Gasteiger partial charge in [-0.1, -0.05) is 6.07 Å². The molecule has 0 bridgehead atoms. The van der Waals surface area contributed by atoms with E-state index in [2.05, 4.69) is 35.9 Å². The van der Waals surface area contributed by atoms with E-state index in [0.29, 0.717) is 0 Å². The number of hydrogen-bond donors (Lipinski definition) is 0. The molecule has 1 aliphatic rings. The second-order valence-electron chi connectivity index (χ2n) is 6.22. The lowest BCUT2D eigenvalue weighted by Gasteiger charge is -2.35. The van der Waals surface area contributed by atoms with Crippen molar-refractivity contribution in [1.29, 1.82) is 0 Å². The van der Waals surface area contributed by atoms with Gasteiger partial charge >= 0.3 is 0 Å². The number of pyridine rings is 1. The maximum Gasteiger partial charge on any atom is 0.158 e. The molecule has 7 heteroatoms. The van der Waals surface area contributed by atoms with Crippen molar-refractivity contribution in [3.8, 4) is 5.82 Å². The van der Waals surface area contributed by atoms with Crippen LogP contribution in [0, 0.1) is 6.92 Å². The Labute approximate surface area is 147 Å². The summed E-state index contributed by atoms with van der Waals surface area (Å²) in [5.74, 6) is 1.75. The van der Waals surface area contributed by atoms with Gasteiger partial charge in [0.25, 0.3) is 0 Å². The Hall–Kier alpha value is -2.80.